The lowest BCUT2D eigenvalue weighted by Crippen LogP contribution is -2.46. The van der Waals surface area contributed by atoms with Gasteiger partial charge in [0.25, 0.3) is 0 Å². The molecule has 1 heterocycles. The number of aromatic nitrogens is 2. The molecule has 0 aromatic carbocycles. The van der Waals surface area contributed by atoms with Gasteiger partial charge >= 0.3 is 6.18 Å². The van der Waals surface area contributed by atoms with E-state index in [1.54, 1.807) is 7.11 Å². The lowest BCUT2D eigenvalue weighted by molar-refractivity contribution is -0.142. The number of hydrogen-bond acceptors (Lipinski definition) is 3. The second kappa shape index (κ2) is 6.74. The summed E-state index contributed by atoms with van der Waals surface area (Å²) >= 11 is 0. The number of nitrogens with zero attached hydrogens (tertiary/aromatic N) is 2. The van der Waals surface area contributed by atoms with Crippen molar-refractivity contribution in [3.05, 3.63) is 17.0 Å². The van der Waals surface area contributed by atoms with Gasteiger partial charge in [0.05, 0.1) is 0 Å². The maximum atomic E-state index is 13.1. The van der Waals surface area contributed by atoms with Gasteiger partial charge in [-0.25, -0.2) is 0 Å². The number of carbonyl (C=O) groups excluding carboxylic acids is 1. The monoisotopic (exact) mass is 345 g/mol. The Hall–Kier alpha value is -1.57. The maximum Gasteiger partial charge on any atom is 0.435 e. The Labute approximate surface area is 138 Å². The number of amides is 1. The fourth-order valence-electron chi connectivity index (χ4n) is 3.66. The van der Waals surface area contributed by atoms with Crippen molar-refractivity contribution in [1.82, 2.24) is 15.1 Å². The molecule has 3 rings (SSSR count). The maximum absolute atomic E-state index is 13.1. The molecule has 0 spiro atoms. The summed E-state index contributed by atoms with van der Waals surface area (Å²) < 4.78 is 45.7. The quantitative estimate of drug-likeness (QED) is 0.891. The standard InChI is InChI=1S/C16H22F3N3O2/c1-24-9-10-6-11(7-10)20-14(23)8-22-13-5-3-2-4-12(13)15(21-22)16(17,18)19/h10-11H,2-9H2,1H3,(H,20,23). The second-order valence-corrected chi connectivity index (χ2v) is 6.69. The predicted octanol–water partition coefficient (Wildman–Crippen LogP) is 2.32. The first-order valence-corrected chi connectivity index (χ1v) is 8.32. The van der Waals surface area contributed by atoms with Crippen LogP contribution in [0.3, 0.4) is 0 Å². The molecule has 0 bridgehead atoms. The minimum atomic E-state index is -4.47. The first-order chi connectivity index (χ1) is 11.4. The molecule has 1 amide bonds. The van der Waals surface area contributed by atoms with Crippen molar-refractivity contribution in [3.8, 4) is 0 Å². The summed E-state index contributed by atoms with van der Waals surface area (Å²) in [4.78, 5) is 12.1. The van der Waals surface area contributed by atoms with E-state index in [-0.39, 0.29) is 24.1 Å². The van der Waals surface area contributed by atoms with Crippen molar-refractivity contribution < 1.29 is 22.7 Å². The van der Waals surface area contributed by atoms with Gasteiger partial charge in [-0.3, -0.25) is 9.48 Å². The van der Waals surface area contributed by atoms with Gasteiger partial charge < -0.3 is 10.1 Å². The summed E-state index contributed by atoms with van der Waals surface area (Å²) in [5.74, 6) is 0.176. The van der Waals surface area contributed by atoms with Gasteiger partial charge in [-0.1, -0.05) is 0 Å². The molecule has 2 aliphatic rings. The molecule has 0 aliphatic heterocycles. The molecule has 1 N–H and O–H groups in total. The zero-order chi connectivity index (χ0) is 17.3. The van der Waals surface area contributed by atoms with Crippen LogP contribution in [0.25, 0.3) is 0 Å². The molecule has 0 radical (unpaired) electrons. The summed E-state index contributed by atoms with van der Waals surface area (Å²) in [6.07, 6.45) is -0.270. The van der Waals surface area contributed by atoms with Gasteiger partial charge in [0, 0.05) is 31.0 Å². The molecule has 134 valence electrons. The molecule has 1 fully saturated rings. The lowest BCUT2D eigenvalue weighted by atomic mass is 9.81. The zero-order valence-corrected chi connectivity index (χ0v) is 13.7. The molecule has 0 unspecified atom stereocenters. The van der Waals surface area contributed by atoms with Crippen molar-refractivity contribution in [2.75, 3.05) is 13.7 Å². The Morgan fingerprint density at radius 1 is 1.33 bits per heavy atom. The van der Waals surface area contributed by atoms with Crippen molar-refractivity contribution in [3.63, 3.8) is 0 Å². The van der Waals surface area contributed by atoms with E-state index in [1.807, 2.05) is 0 Å². The van der Waals surface area contributed by atoms with Crippen LogP contribution in [0, 0.1) is 5.92 Å². The molecule has 5 nitrogen and oxygen atoms in total. The van der Waals surface area contributed by atoms with Gasteiger partial charge in [-0.15, -0.1) is 0 Å². The van der Waals surface area contributed by atoms with Gasteiger partial charge in [-0.2, -0.15) is 18.3 Å². The second-order valence-electron chi connectivity index (χ2n) is 6.69. The number of nitrogens with one attached hydrogen (secondary N) is 1. The van der Waals surface area contributed by atoms with E-state index in [4.69, 9.17) is 4.74 Å². The first-order valence-electron chi connectivity index (χ1n) is 8.32. The highest BCUT2D eigenvalue weighted by Gasteiger charge is 2.39. The smallest absolute Gasteiger partial charge is 0.384 e. The molecule has 8 heteroatoms. The van der Waals surface area contributed by atoms with Crippen molar-refractivity contribution in [1.29, 1.82) is 0 Å². The van der Waals surface area contributed by atoms with E-state index >= 15 is 0 Å². The van der Waals surface area contributed by atoms with Crippen LogP contribution in [0.15, 0.2) is 0 Å². The fraction of sp³-hybridized carbons (Fsp3) is 0.750. The van der Waals surface area contributed by atoms with Gasteiger partial charge in [0.2, 0.25) is 5.91 Å². The molecule has 2 aliphatic carbocycles. The number of halogens is 3. The van der Waals surface area contributed by atoms with Crippen molar-refractivity contribution in [2.45, 2.75) is 57.3 Å². The summed E-state index contributed by atoms with van der Waals surface area (Å²) in [6, 6.07) is 0.0890. The number of alkyl halides is 3. The highest BCUT2D eigenvalue weighted by atomic mass is 19.4. The van der Waals surface area contributed by atoms with E-state index < -0.39 is 11.9 Å². The van der Waals surface area contributed by atoms with E-state index in [0.29, 0.717) is 31.1 Å². The number of fused-ring (bicyclic) bond motifs is 1. The number of carbonyl (C=O) groups is 1. The summed E-state index contributed by atoms with van der Waals surface area (Å²) in [7, 11) is 1.64. The van der Waals surface area contributed by atoms with E-state index in [2.05, 4.69) is 10.4 Å². The van der Waals surface area contributed by atoms with Crippen LogP contribution in [-0.4, -0.2) is 35.4 Å². The largest absolute Gasteiger partial charge is 0.435 e. The number of rotatable bonds is 5. The fourth-order valence-corrected chi connectivity index (χ4v) is 3.66. The Morgan fingerprint density at radius 2 is 2.04 bits per heavy atom. The Bertz CT molecular complexity index is 606. The van der Waals surface area contributed by atoms with Crippen LogP contribution >= 0.6 is 0 Å². The minimum absolute atomic E-state index is 0.0890. The average Bonchev–Trinajstić information content (AvgIpc) is 2.84. The van der Waals surface area contributed by atoms with Crippen LogP contribution in [-0.2, 0) is 35.1 Å². The average molecular weight is 345 g/mol. The molecule has 24 heavy (non-hydrogen) atoms. The molecule has 0 saturated heterocycles. The molecular formula is C16H22F3N3O2. The van der Waals surface area contributed by atoms with E-state index in [0.717, 1.165) is 25.7 Å². The van der Waals surface area contributed by atoms with Gasteiger partial charge in [-0.05, 0) is 44.4 Å². The molecule has 1 saturated carbocycles. The topological polar surface area (TPSA) is 56.1 Å². The first kappa shape index (κ1) is 17.3. The third-order valence-electron chi connectivity index (χ3n) is 4.82. The summed E-state index contributed by atoms with van der Waals surface area (Å²) in [6.45, 7) is 0.526. The number of methoxy groups -OCH3 is 1. The Balaban J connectivity index is 1.65. The third kappa shape index (κ3) is 3.58. The van der Waals surface area contributed by atoms with Crippen molar-refractivity contribution >= 4 is 5.91 Å². The molecule has 1 aromatic rings. The summed E-state index contributed by atoms with van der Waals surface area (Å²) in [5.41, 5.74) is 0.00810. The highest BCUT2D eigenvalue weighted by molar-refractivity contribution is 5.76. The Morgan fingerprint density at radius 3 is 2.71 bits per heavy atom. The van der Waals surface area contributed by atoms with Gasteiger partial charge in [0.1, 0.15) is 6.54 Å². The number of hydrogen-bond donors (Lipinski definition) is 1. The number of ether oxygens (including phenoxy) is 1. The normalized spacial score (nSPS) is 23.5. The lowest BCUT2D eigenvalue weighted by Gasteiger charge is -2.35. The van der Waals surface area contributed by atoms with Crippen LogP contribution in [0.1, 0.15) is 42.6 Å². The molecular weight excluding hydrogens is 323 g/mol. The van der Waals surface area contributed by atoms with Crippen molar-refractivity contribution in [2.24, 2.45) is 5.92 Å². The van der Waals surface area contributed by atoms with Crippen LogP contribution < -0.4 is 5.32 Å². The van der Waals surface area contributed by atoms with E-state index in [9.17, 15) is 18.0 Å². The molecule has 1 aromatic heterocycles. The molecule has 0 atom stereocenters. The van der Waals surface area contributed by atoms with E-state index in [1.165, 1.54) is 4.68 Å². The highest BCUT2D eigenvalue weighted by Crippen LogP contribution is 2.35. The Kier molecular flexibility index (Phi) is 4.85. The van der Waals surface area contributed by atoms with Crippen LogP contribution in [0.5, 0.6) is 0 Å². The minimum Gasteiger partial charge on any atom is -0.384 e. The zero-order valence-electron chi connectivity index (χ0n) is 13.7. The van der Waals surface area contributed by atoms with Gasteiger partial charge in [0.15, 0.2) is 5.69 Å². The van der Waals surface area contributed by atoms with Crippen LogP contribution in [0.2, 0.25) is 0 Å². The predicted molar refractivity (Wildman–Crippen MR) is 80.4 cm³/mol. The van der Waals surface area contributed by atoms with Crippen LogP contribution in [0.4, 0.5) is 13.2 Å². The summed E-state index contributed by atoms with van der Waals surface area (Å²) in [5, 5.41) is 6.58. The SMILES string of the molecule is COCC1CC(NC(=O)Cn2nc(C(F)(F)F)c3c2CCCC3)C1. The third-order valence-corrected chi connectivity index (χ3v) is 4.82.